The van der Waals surface area contributed by atoms with Crippen LogP contribution in [0.3, 0.4) is 0 Å². The predicted molar refractivity (Wildman–Crippen MR) is 525 cm³/mol. The van der Waals surface area contributed by atoms with Crippen molar-refractivity contribution in [1.82, 2.24) is 42.4 Å². The van der Waals surface area contributed by atoms with Gasteiger partial charge in [0.2, 0.25) is 11.9 Å². The molecular formula is C117H75N9. The van der Waals surface area contributed by atoms with Gasteiger partial charge in [-0.15, -0.1) is 0 Å². The van der Waals surface area contributed by atoms with E-state index in [1.807, 2.05) is 0 Å². The Morgan fingerprint density at radius 1 is 0.175 bits per heavy atom. The van der Waals surface area contributed by atoms with Crippen LogP contribution in [0.25, 0.3) is 238 Å². The number of hydrogen-bond acceptors (Lipinski definition) is 3. The highest BCUT2D eigenvalue weighted by Crippen LogP contribution is 2.47. The van der Waals surface area contributed by atoms with E-state index in [9.17, 15) is 0 Å². The Morgan fingerprint density at radius 3 is 0.770 bits per heavy atom. The van der Waals surface area contributed by atoms with Crippen LogP contribution in [-0.4, -0.2) is 42.4 Å². The molecule has 0 saturated carbocycles. The fraction of sp³-hybridized carbons (Fsp3) is 0.0171. The van der Waals surface area contributed by atoms with Crippen molar-refractivity contribution in [2.45, 2.75) is 12.8 Å². The van der Waals surface area contributed by atoms with Gasteiger partial charge in [0.15, 0.2) is 5.82 Å². The van der Waals surface area contributed by atoms with Crippen molar-refractivity contribution in [3.63, 3.8) is 0 Å². The second-order valence-electron chi connectivity index (χ2n) is 33.3. The summed E-state index contributed by atoms with van der Waals surface area (Å²) in [4.78, 5) is 18.2. The molecule has 0 radical (unpaired) electrons. The minimum Gasteiger partial charge on any atom is -0.309 e. The van der Waals surface area contributed by atoms with Gasteiger partial charge in [-0.3, -0.25) is 9.13 Å². The summed E-state index contributed by atoms with van der Waals surface area (Å²) in [7, 11) is 0. The lowest BCUT2D eigenvalue weighted by Crippen LogP contribution is -2.11. The van der Waals surface area contributed by atoms with Gasteiger partial charge in [0.1, 0.15) is 0 Å². The van der Waals surface area contributed by atoms with Gasteiger partial charge in [-0.1, -0.05) is 273 Å². The number of nitrogens with zero attached hydrogens (tertiary/aromatic N) is 9. The summed E-state index contributed by atoms with van der Waals surface area (Å²) in [5.41, 5.74) is 31.3. The number of aromatic nitrogens is 9. The normalized spacial score (nSPS) is 12.6. The quantitative estimate of drug-likeness (QED) is 0.116. The van der Waals surface area contributed by atoms with E-state index in [2.05, 4.69) is 458 Å². The molecule has 0 atom stereocenters. The Bertz CT molecular complexity index is 8000. The molecule has 1 aliphatic carbocycles. The molecule has 0 bridgehead atoms. The molecule has 0 fully saturated rings. The molecule has 9 heteroatoms. The number of allylic oxidation sites excluding steroid dienone is 4. The number of fused-ring (bicyclic) bond motifs is 18. The lowest BCUT2D eigenvalue weighted by Gasteiger charge is -2.17. The molecule has 25 aromatic rings. The smallest absolute Gasteiger partial charge is 0.240 e. The highest BCUT2D eigenvalue weighted by molar-refractivity contribution is 6.18. The molecule has 18 aromatic carbocycles. The summed E-state index contributed by atoms with van der Waals surface area (Å²) < 4.78 is 14.2. The van der Waals surface area contributed by atoms with E-state index in [1.54, 1.807) is 0 Å². The molecule has 7 aromatic heterocycles. The van der Waals surface area contributed by atoms with Crippen molar-refractivity contribution >= 4 is 136 Å². The third kappa shape index (κ3) is 11.2. The van der Waals surface area contributed by atoms with Crippen LogP contribution >= 0.6 is 0 Å². The average Bonchev–Trinajstić information content (AvgIpc) is 1.57. The molecule has 126 heavy (non-hydrogen) atoms. The van der Waals surface area contributed by atoms with Gasteiger partial charge in [-0.25, -0.2) is 0 Å². The first kappa shape index (κ1) is 71.0. The van der Waals surface area contributed by atoms with E-state index >= 15 is 0 Å². The summed E-state index contributed by atoms with van der Waals surface area (Å²) in [6.07, 6.45) is 8.82. The van der Waals surface area contributed by atoms with Crippen molar-refractivity contribution in [2.24, 2.45) is 0 Å². The highest BCUT2D eigenvalue weighted by atomic mass is 15.3. The SMILES string of the molecule is C1=CC(c2cc(-c3ccccc3)ccc2-c2nc(-n3c4cc(-c5ccc6c(c5)c5ccccc5n6-c5ccccc5)ccc4c4ccc(-c5ccc6c(c5)c5ccccc5n6-c5ccccc5)cc43)nc(-n3c4cc(-c5ccc6c(c5)c5ccccc5n6-c5ccccc5)ccc4c4ccc(-c5ccc6c(c5)c5ccccc5n6-c5ccccc5)cc43)n2)=CCC1. The summed E-state index contributed by atoms with van der Waals surface area (Å²) in [6, 6.07) is 151. The van der Waals surface area contributed by atoms with Crippen molar-refractivity contribution in [3.05, 3.63) is 436 Å². The van der Waals surface area contributed by atoms with Crippen molar-refractivity contribution in [2.75, 3.05) is 0 Å². The monoisotopic (exact) mass is 1610 g/mol. The molecule has 0 unspecified atom stereocenters. The van der Waals surface area contributed by atoms with E-state index in [-0.39, 0.29) is 0 Å². The lowest BCUT2D eigenvalue weighted by atomic mass is 9.91. The Balaban J connectivity index is 0.755. The van der Waals surface area contributed by atoms with Crippen LogP contribution in [0.1, 0.15) is 18.4 Å². The molecule has 0 N–H and O–H groups in total. The maximum absolute atomic E-state index is 6.15. The molecule has 0 spiro atoms. The Hall–Kier alpha value is -16.8. The van der Waals surface area contributed by atoms with Crippen LogP contribution in [0.5, 0.6) is 0 Å². The Morgan fingerprint density at radius 2 is 0.444 bits per heavy atom. The van der Waals surface area contributed by atoms with E-state index in [0.717, 1.165) is 196 Å². The summed E-state index contributed by atoms with van der Waals surface area (Å²) >= 11 is 0. The number of benzene rings is 18. The highest BCUT2D eigenvalue weighted by Gasteiger charge is 2.27. The molecule has 0 aliphatic heterocycles. The van der Waals surface area contributed by atoms with Gasteiger partial charge < -0.3 is 18.3 Å². The number of hydrogen-bond donors (Lipinski definition) is 0. The van der Waals surface area contributed by atoms with Gasteiger partial charge in [0.25, 0.3) is 0 Å². The zero-order chi connectivity index (χ0) is 82.6. The van der Waals surface area contributed by atoms with Crippen LogP contribution in [0.15, 0.2) is 431 Å². The third-order valence-corrected chi connectivity index (χ3v) is 26.3. The molecule has 0 saturated heterocycles. The van der Waals surface area contributed by atoms with Gasteiger partial charge in [0, 0.05) is 92.9 Å². The standard InChI is InChI=1S/C117H75N9/c1-7-27-74(28-8-1)76-51-60-97(98(65-76)75-29-9-2-10-30-75)115-118-116(125-111-70-81(77-52-61-107-99(66-77)89-39-19-23-43-103(89)121(107)85-31-11-3-12-32-85)47-56-93(111)94-57-48-82(71-112(94)125)78-53-62-108-100(67-78)90-40-20-24-44-104(90)122(108)86-33-13-4-14-34-86)120-117(119-115)126-113-72-83(79-54-63-109-101(68-79)91-41-21-25-45-105(91)123(109)87-35-15-5-16-36-87)49-58-95(113)96-59-50-84(73-114(96)126)80-55-64-110-102(69-80)92-42-22-26-46-106(92)124(110)88-37-17-6-18-38-88/h1,3-9,11-73H,2,10H2. The zero-order valence-electron chi connectivity index (χ0n) is 68.4. The molecule has 7 heterocycles. The third-order valence-electron chi connectivity index (χ3n) is 26.3. The largest absolute Gasteiger partial charge is 0.309 e. The topological polar surface area (TPSA) is 68.2 Å². The van der Waals surface area contributed by atoms with Crippen molar-refractivity contribution < 1.29 is 0 Å². The predicted octanol–water partition coefficient (Wildman–Crippen LogP) is 30.2. The van der Waals surface area contributed by atoms with Gasteiger partial charge in [0.05, 0.1) is 66.2 Å². The second kappa shape index (κ2) is 28.4. The van der Waals surface area contributed by atoms with Crippen molar-refractivity contribution in [1.29, 1.82) is 0 Å². The number of rotatable bonds is 13. The molecule has 1 aliphatic rings. The first-order chi connectivity index (χ1) is 62.5. The van der Waals surface area contributed by atoms with E-state index < -0.39 is 0 Å². The minimum atomic E-state index is 0.473. The Kier molecular flexibility index (Phi) is 16.0. The number of para-hydroxylation sites is 8. The van der Waals surface area contributed by atoms with Crippen LogP contribution in [0.4, 0.5) is 0 Å². The molecule has 588 valence electrons. The summed E-state index contributed by atoms with van der Waals surface area (Å²) in [5.74, 6) is 1.48. The fourth-order valence-electron chi connectivity index (χ4n) is 20.5. The molecular weight excluding hydrogens is 1530 g/mol. The van der Waals surface area contributed by atoms with Crippen molar-refractivity contribution in [3.8, 4) is 102 Å². The van der Waals surface area contributed by atoms with Gasteiger partial charge in [-0.2, -0.15) is 15.0 Å². The van der Waals surface area contributed by atoms with Crippen LogP contribution in [0.2, 0.25) is 0 Å². The second-order valence-corrected chi connectivity index (χ2v) is 33.3. The van der Waals surface area contributed by atoms with Gasteiger partial charge in [-0.05, 0) is 237 Å². The summed E-state index contributed by atoms with van der Waals surface area (Å²) in [5, 5.41) is 13.7. The molecule has 26 rings (SSSR count). The van der Waals surface area contributed by atoms with E-state index in [1.165, 1.54) is 43.1 Å². The van der Waals surface area contributed by atoms with Gasteiger partial charge >= 0.3 is 0 Å². The first-order valence-electron chi connectivity index (χ1n) is 43.3. The zero-order valence-corrected chi connectivity index (χ0v) is 68.4. The molecule has 9 nitrogen and oxygen atoms in total. The minimum absolute atomic E-state index is 0.473. The molecule has 0 amide bonds. The van der Waals surface area contributed by atoms with E-state index in [4.69, 9.17) is 15.0 Å². The summed E-state index contributed by atoms with van der Waals surface area (Å²) in [6.45, 7) is 0. The fourth-order valence-corrected chi connectivity index (χ4v) is 20.5. The van der Waals surface area contributed by atoms with Crippen LogP contribution in [0, 0.1) is 0 Å². The Labute approximate surface area is 724 Å². The van der Waals surface area contributed by atoms with Crippen LogP contribution < -0.4 is 0 Å². The average molecular weight is 1610 g/mol. The lowest BCUT2D eigenvalue weighted by molar-refractivity contribution is 0.892. The van der Waals surface area contributed by atoms with Crippen LogP contribution in [-0.2, 0) is 0 Å². The first-order valence-corrected chi connectivity index (χ1v) is 43.3. The maximum atomic E-state index is 6.15. The van der Waals surface area contributed by atoms with E-state index in [0.29, 0.717) is 17.7 Å². The maximum Gasteiger partial charge on any atom is 0.240 e.